The van der Waals surface area contributed by atoms with Crippen molar-refractivity contribution in [1.82, 2.24) is 9.66 Å². The van der Waals surface area contributed by atoms with Gasteiger partial charge in [-0.3, -0.25) is 14.9 Å². The summed E-state index contributed by atoms with van der Waals surface area (Å²) >= 11 is 12.3. The lowest BCUT2D eigenvalue weighted by molar-refractivity contribution is -0.386. The zero-order chi connectivity index (χ0) is 28.6. The number of fused-ring (bicyclic) bond motifs is 2. The third-order valence-electron chi connectivity index (χ3n) is 5.85. The van der Waals surface area contributed by atoms with E-state index in [0.29, 0.717) is 21.5 Å². The van der Waals surface area contributed by atoms with Crippen LogP contribution in [-0.2, 0) is 9.53 Å². The maximum atomic E-state index is 13.6. The Kier molecular flexibility index (Phi) is 7.24. The number of hydrogen-bond donors (Lipinski definition) is 0. The molecule has 0 bridgehead atoms. The van der Waals surface area contributed by atoms with Crippen LogP contribution in [0.1, 0.15) is 12.5 Å². The molecule has 2 aromatic heterocycles. The van der Waals surface area contributed by atoms with Gasteiger partial charge in [0.15, 0.2) is 11.9 Å². The fourth-order valence-electron chi connectivity index (χ4n) is 3.99. The van der Waals surface area contributed by atoms with E-state index < -0.39 is 28.2 Å². The molecule has 0 saturated carbocycles. The van der Waals surface area contributed by atoms with E-state index in [1.165, 1.54) is 13.0 Å². The predicted molar refractivity (Wildman–Crippen MR) is 149 cm³/mol. The summed E-state index contributed by atoms with van der Waals surface area (Å²) in [5, 5.41) is 17.6. The van der Waals surface area contributed by atoms with Crippen molar-refractivity contribution in [2.45, 2.75) is 13.0 Å². The number of carbonyl (C=O) groups is 1. The first kappa shape index (κ1) is 26.9. The summed E-state index contributed by atoms with van der Waals surface area (Å²) in [5.74, 6) is -0.758. The van der Waals surface area contributed by atoms with E-state index in [1.807, 2.05) is 0 Å². The minimum Gasteiger partial charge on any atom is -0.471 e. The molecule has 3 aromatic carbocycles. The topological polar surface area (TPSA) is 139 Å². The van der Waals surface area contributed by atoms with Gasteiger partial charge in [-0.1, -0.05) is 35.3 Å². The van der Waals surface area contributed by atoms with E-state index in [-0.39, 0.29) is 33.3 Å². The lowest BCUT2D eigenvalue weighted by Crippen LogP contribution is -2.26. The van der Waals surface area contributed by atoms with Gasteiger partial charge >= 0.3 is 11.7 Å². The van der Waals surface area contributed by atoms with E-state index in [1.54, 1.807) is 48.5 Å². The molecule has 202 valence electrons. The molecule has 0 aliphatic rings. The second-order valence-electron chi connectivity index (χ2n) is 8.49. The van der Waals surface area contributed by atoms with E-state index in [4.69, 9.17) is 32.4 Å². The molecule has 1 atom stereocenters. The standard InChI is InChI=1S/C27H18Cl2N4O7/c1-14(27(35)38-2)39-24-16(10-18(29)12-21(24)33(36)37)13-30-32-25(31-20-6-4-3-5-19(20)26(32)34)23-11-15-9-17(28)7-8-22(15)40-23/h3-14H,1-2H3/t14-/m0/s1. The molecule has 0 amide bonds. The van der Waals surface area contributed by atoms with Gasteiger partial charge in [-0.05, 0) is 49.4 Å². The monoisotopic (exact) mass is 580 g/mol. The van der Waals surface area contributed by atoms with Crippen molar-refractivity contribution >= 4 is 62.9 Å². The molecule has 0 unspecified atom stereocenters. The van der Waals surface area contributed by atoms with E-state index in [9.17, 15) is 19.7 Å². The number of furan rings is 1. The van der Waals surface area contributed by atoms with Crippen LogP contribution >= 0.6 is 23.2 Å². The summed E-state index contributed by atoms with van der Waals surface area (Å²) in [5.41, 5.74) is -0.102. The minimum absolute atomic E-state index is 0.00425. The third-order valence-corrected chi connectivity index (χ3v) is 6.31. The number of esters is 1. The number of ether oxygens (including phenoxy) is 2. The first-order chi connectivity index (χ1) is 19.2. The molecule has 0 fully saturated rings. The Morgan fingerprint density at radius 3 is 2.67 bits per heavy atom. The van der Waals surface area contributed by atoms with Crippen LogP contribution in [0.4, 0.5) is 5.69 Å². The number of benzene rings is 3. The summed E-state index contributed by atoms with van der Waals surface area (Å²) in [6, 6.07) is 15.8. The highest BCUT2D eigenvalue weighted by atomic mass is 35.5. The maximum absolute atomic E-state index is 13.6. The summed E-state index contributed by atoms with van der Waals surface area (Å²) in [6.07, 6.45) is -0.0426. The Morgan fingerprint density at radius 1 is 1.15 bits per heavy atom. The lowest BCUT2D eigenvalue weighted by atomic mass is 10.2. The molecule has 0 radical (unpaired) electrons. The van der Waals surface area contributed by atoms with Gasteiger partial charge in [0.2, 0.25) is 11.6 Å². The molecular weight excluding hydrogens is 563 g/mol. The van der Waals surface area contributed by atoms with Crippen LogP contribution in [0.5, 0.6) is 5.75 Å². The maximum Gasteiger partial charge on any atom is 0.346 e. The summed E-state index contributed by atoms with van der Waals surface area (Å²) < 4.78 is 17.2. The zero-order valence-electron chi connectivity index (χ0n) is 20.8. The first-order valence-corrected chi connectivity index (χ1v) is 12.4. The average Bonchev–Trinajstić information content (AvgIpc) is 3.35. The quantitative estimate of drug-likeness (QED) is 0.101. The molecule has 5 aromatic rings. The number of para-hydroxylation sites is 1. The number of hydrogen-bond acceptors (Lipinski definition) is 9. The van der Waals surface area contributed by atoms with Crippen molar-refractivity contribution in [2.24, 2.45) is 5.10 Å². The fourth-order valence-corrected chi connectivity index (χ4v) is 4.39. The smallest absolute Gasteiger partial charge is 0.346 e. The number of nitro benzene ring substituents is 1. The number of rotatable bonds is 7. The highest BCUT2D eigenvalue weighted by Gasteiger charge is 2.26. The minimum atomic E-state index is -1.19. The molecule has 0 N–H and O–H groups in total. The molecule has 13 heteroatoms. The number of carbonyl (C=O) groups excluding carboxylic acids is 1. The van der Waals surface area contributed by atoms with Crippen molar-refractivity contribution in [3.63, 3.8) is 0 Å². The van der Waals surface area contributed by atoms with Crippen LogP contribution in [-0.4, -0.2) is 40.0 Å². The van der Waals surface area contributed by atoms with Gasteiger partial charge in [0, 0.05) is 27.1 Å². The Morgan fingerprint density at radius 2 is 1.93 bits per heavy atom. The van der Waals surface area contributed by atoms with Crippen molar-refractivity contribution in [2.75, 3.05) is 7.11 Å². The molecule has 0 aliphatic carbocycles. The fraction of sp³-hybridized carbons (Fsp3) is 0.111. The normalized spacial score (nSPS) is 12.2. The highest BCUT2D eigenvalue weighted by Crippen LogP contribution is 2.35. The van der Waals surface area contributed by atoms with Crippen molar-refractivity contribution < 1.29 is 23.6 Å². The van der Waals surface area contributed by atoms with Gasteiger partial charge < -0.3 is 13.9 Å². The van der Waals surface area contributed by atoms with Gasteiger partial charge in [0.1, 0.15) is 5.58 Å². The highest BCUT2D eigenvalue weighted by molar-refractivity contribution is 6.31. The Labute approximate surface area is 235 Å². The number of halogens is 2. The molecule has 0 saturated heterocycles. The van der Waals surface area contributed by atoms with Gasteiger partial charge in [0.05, 0.1) is 29.2 Å². The van der Waals surface area contributed by atoms with Crippen molar-refractivity contribution in [3.05, 3.63) is 96.7 Å². The molecule has 40 heavy (non-hydrogen) atoms. The Hall–Kier alpha value is -4.74. The first-order valence-electron chi connectivity index (χ1n) is 11.6. The van der Waals surface area contributed by atoms with Crippen molar-refractivity contribution in [3.8, 4) is 17.3 Å². The number of nitro groups is 1. The molecule has 0 aliphatic heterocycles. The Bertz CT molecular complexity index is 1900. The summed E-state index contributed by atoms with van der Waals surface area (Å²) in [6.45, 7) is 1.37. The van der Waals surface area contributed by atoms with Crippen LogP contribution in [0.25, 0.3) is 33.5 Å². The molecular formula is C27H18Cl2N4O7. The van der Waals surface area contributed by atoms with E-state index in [2.05, 4.69) is 14.8 Å². The van der Waals surface area contributed by atoms with Gasteiger partial charge in [-0.2, -0.15) is 9.78 Å². The SMILES string of the molecule is COC(=O)[C@H](C)Oc1c(C=Nn2c(-c3cc4cc(Cl)ccc4o3)nc3ccccc3c2=O)cc(Cl)cc1[N+](=O)[O-]. The van der Waals surface area contributed by atoms with Crippen LogP contribution < -0.4 is 10.3 Å². The Balaban J connectivity index is 1.71. The second-order valence-corrected chi connectivity index (χ2v) is 9.36. The summed E-state index contributed by atoms with van der Waals surface area (Å²) in [4.78, 5) is 41.2. The van der Waals surface area contributed by atoms with E-state index in [0.717, 1.165) is 24.1 Å². The lowest BCUT2D eigenvalue weighted by Gasteiger charge is -2.15. The van der Waals surface area contributed by atoms with Gasteiger partial charge in [0.25, 0.3) is 5.56 Å². The molecule has 0 spiro atoms. The second kappa shape index (κ2) is 10.8. The largest absolute Gasteiger partial charge is 0.471 e. The van der Waals surface area contributed by atoms with Crippen LogP contribution in [0, 0.1) is 10.1 Å². The van der Waals surface area contributed by atoms with Crippen LogP contribution in [0.3, 0.4) is 0 Å². The van der Waals surface area contributed by atoms with Crippen molar-refractivity contribution in [1.29, 1.82) is 0 Å². The average molecular weight is 581 g/mol. The molecule has 5 rings (SSSR count). The number of methoxy groups -OCH3 is 1. The van der Waals surface area contributed by atoms with Crippen LogP contribution in [0.15, 0.2) is 75.0 Å². The van der Waals surface area contributed by atoms with Gasteiger partial charge in [-0.25, -0.2) is 9.78 Å². The zero-order valence-corrected chi connectivity index (χ0v) is 22.3. The van der Waals surface area contributed by atoms with E-state index >= 15 is 0 Å². The summed E-state index contributed by atoms with van der Waals surface area (Å²) in [7, 11) is 1.16. The number of aromatic nitrogens is 2. The third kappa shape index (κ3) is 5.12. The number of nitrogens with zero attached hydrogens (tertiary/aromatic N) is 4. The molecule has 2 heterocycles. The molecule has 11 nitrogen and oxygen atoms in total. The predicted octanol–water partition coefficient (Wildman–Crippen LogP) is 5.85. The van der Waals surface area contributed by atoms with Crippen LogP contribution in [0.2, 0.25) is 10.0 Å². The van der Waals surface area contributed by atoms with Gasteiger partial charge in [-0.15, -0.1) is 0 Å².